The minimum absolute atomic E-state index is 0.437. The highest BCUT2D eigenvalue weighted by Crippen LogP contribution is 2.56. The van der Waals surface area contributed by atoms with Gasteiger partial charge in [-0.25, -0.2) is 0 Å². The van der Waals surface area contributed by atoms with Gasteiger partial charge in [0.2, 0.25) is 0 Å². The number of allylic oxidation sites excluding steroid dienone is 5. The van der Waals surface area contributed by atoms with Gasteiger partial charge in [-0.3, -0.25) is 4.99 Å². The second kappa shape index (κ2) is 3.12. The number of nitrogens with zero attached hydrogens (tertiary/aromatic N) is 1. The second-order valence-electron chi connectivity index (χ2n) is 4.28. The Bertz CT molecular complexity index is 361. The Morgan fingerprint density at radius 3 is 3.07 bits per heavy atom. The van der Waals surface area contributed by atoms with Gasteiger partial charge in [-0.15, -0.1) is 0 Å². The first-order chi connectivity index (χ1) is 6.69. The fraction of sp³-hybridized carbons (Fsp3) is 0.417. The van der Waals surface area contributed by atoms with E-state index in [1.807, 2.05) is 0 Å². The molecule has 14 heavy (non-hydrogen) atoms. The molecule has 2 unspecified atom stereocenters. The summed E-state index contributed by atoms with van der Waals surface area (Å²) < 4.78 is 0. The average molecular weight is 188 g/mol. The highest BCUT2D eigenvalue weighted by atomic mass is 14.6. The molecule has 1 saturated carbocycles. The van der Waals surface area contributed by atoms with Crippen LogP contribution in [0.4, 0.5) is 0 Å². The summed E-state index contributed by atoms with van der Waals surface area (Å²) in [6, 6.07) is 0. The molecule has 0 aromatic rings. The molecule has 0 aliphatic heterocycles. The van der Waals surface area contributed by atoms with E-state index in [0.717, 1.165) is 5.57 Å². The smallest absolute Gasteiger partial charge is 0.0301 e. The maximum Gasteiger partial charge on any atom is 0.0301 e. The molecule has 2 atom stereocenters. The summed E-state index contributed by atoms with van der Waals surface area (Å²) in [5.41, 5.74) is 8.21. The van der Waals surface area contributed by atoms with Crippen molar-refractivity contribution in [2.75, 3.05) is 7.05 Å². The lowest BCUT2D eigenvalue weighted by atomic mass is 9.94. The predicted molar refractivity (Wildman–Crippen MR) is 60.1 cm³/mol. The second-order valence-corrected chi connectivity index (χ2v) is 4.28. The normalized spacial score (nSPS) is 35.7. The number of hydrogen-bond acceptors (Lipinski definition) is 2. The van der Waals surface area contributed by atoms with Crippen molar-refractivity contribution in [2.24, 2.45) is 22.1 Å². The number of nitrogens with two attached hydrogens (primary N) is 1. The van der Waals surface area contributed by atoms with E-state index in [-0.39, 0.29) is 0 Å². The summed E-state index contributed by atoms with van der Waals surface area (Å²) in [5.74, 6) is 0.711. The summed E-state index contributed by atoms with van der Waals surface area (Å²) >= 11 is 0. The number of aliphatic imine (C=N–C) groups is 1. The lowest BCUT2D eigenvalue weighted by Crippen LogP contribution is -2.01. The SMILES string of the molecule is CN=C/C(=C\N)C1=CC2CC2(C)C=C1. The summed E-state index contributed by atoms with van der Waals surface area (Å²) in [7, 11) is 1.76. The molecule has 0 aromatic carbocycles. The van der Waals surface area contributed by atoms with Crippen molar-refractivity contribution in [3.8, 4) is 0 Å². The minimum Gasteiger partial charge on any atom is -0.404 e. The molecule has 2 aliphatic rings. The van der Waals surface area contributed by atoms with Crippen LogP contribution < -0.4 is 5.73 Å². The van der Waals surface area contributed by atoms with Gasteiger partial charge in [-0.2, -0.15) is 0 Å². The predicted octanol–water partition coefficient (Wildman–Crippen LogP) is 2.05. The van der Waals surface area contributed by atoms with Gasteiger partial charge in [-0.1, -0.05) is 25.2 Å². The van der Waals surface area contributed by atoms with Crippen molar-refractivity contribution in [3.63, 3.8) is 0 Å². The molecular formula is C12H16N2. The number of hydrogen-bond donors (Lipinski definition) is 1. The standard InChI is InChI=1S/C12H16N2/c1-12-4-3-9(5-11(12)6-12)10(7-13)8-14-2/h3-5,7-8,11H,6,13H2,1-2H3/b10-7+,14-8?. The Labute approximate surface area is 84.9 Å². The Kier molecular flexibility index (Phi) is 2.06. The topological polar surface area (TPSA) is 38.4 Å². The molecule has 74 valence electrons. The van der Waals surface area contributed by atoms with Gasteiger partial charge in [0.05, 0.1) is 0 Å². The summed E-state index contributed by atoms with van der Waals surface area (Å²) in [4.78, 5) is 3.99. The van der Waals surface area contributed by atoms with Crippen molar-refractivity contribution < 1.29 is 0 Å². The first-order valence-electron chi connectivity index (χ1n) is 4.95. The molecule has 2 rings (SSSR count). The van der Waals surface area contributed by atoms with E-state index >= 15 is 0 Å². The van der Waals surface area contributed by atoms with Crippen molar-refractivity contribution in [1.82, 2.24) is 0 Å². The zero-order chi connectivity index (χ0) is 10.2. The Morgan fingerprint density at radius 2 is 2.50 bits per heavy atom. The van der Waals surface area contributed by atoms with E-state index in [9.17, 15) is 0 Å². The van der Waals surface area contributed by atoms with Crippen LogP contribution in [0.3, 0.4) is 0 Å². The van der Waals surface area contributed by atoms with Crippen LogP contribution in [0.5, 0.6) is 0 Å². The molecule has 0 aromatic heterocycles. The minimum atomic E-state index is 0.437. The van der Waals surface area contributed by atoms with Crippen LogP contribution in [0.25, 0.3) is 0 Å². The van der Waals surface area contributed by atoms with Crippen LogP contribution in [0.15, 0.2) is 40.6 Å². The Balaban J connectivity index is 2.22. The first kappa shape index (κ1) is 9.25. The number of fused-ring (bicyclic) bond motifs is 1. The van der Waals surface area contributed by atoms with Crippen molar-refractivity contribution in [2.45, 2.75) is 13.3 Å². The molecule has 0 saturated heterocycles. The van der Waals surface area contributed by atoms with Crippen LogP contribution >= 0.6 is 0 Å². The van der Waals surface area contributed by atoms with E-state index in [4.69, 9.17) is 5.73 Å². The third-order valence-electron chi connectivity index (χ3n) is 3.15. The largest absolute Gasteiger partial charge is 0.404 e. The van der Waals surface area contributed by atoms with Crippen molar-refractivity contribution in [1.29, 1.82) is 0 Å². The summed E-state index contributed by atoms with van der Waals surface area (Å²) in [5, 5.41) is 0. The Morgan fingerprint density at radius 1 is 1.71 bits per heavy atom. The fourth-order valence-electron chi connectivity index (χ4n) is 1.95. The van der Waals surface area contributed by atoms with Gasteiger partial charge in [0, 0.05) is 25.0 Å². The summed E-state index contributed by atoms with van der Waals surface area (Å²) in [6.07, 6.45) is 11.5. The van der Waals surface area contributed by atoms with Crippen LogP contribution in [-0.2, 0) is 0 Å². The maximum atomic E-state index is 5.55. The molecule has 0 bridgehead atoms. The molecule has 0 amide bonds. The highest BCUT2D eigenvalue weighted by Gasteiger charge is 2.47. The van der Waals surface area contributed by atoms with Crippen LogP contribution in [0.2, 0.25) is 0 Å². The van der Waals surface area contributed by atoms with Gasteiger partial charge in [0.1, 0.15) is 0 Å². The zero-order valence-electron chi connectivity index (χ0n) is 8.70. The monoisotopic (exact) mass is 188 g/mol. The zero-order valence-corrected chi connectivity index (χ0v) is 8.70. The lowest BCUT2D eigenvalue weighted by Gasteiger charge is -2.11. The molecule has 1 fully saturated rings. The third-order valence-corrected chi connectivity index (χ3v) is 3.15. The van der Waals surface area contributed by atoms with E-state index in [2.05, 4.69) is 30.1 Å². The van der Waals surface area contributed by atoms with Gasteiger partial charge in [0.15, 0.2) is 0 Å². The average Bonchev–Trinajstić information content (AvgIpc) is 2.85. The third kappa shape index (κ3) is 1.41. The van der Waals surface area contributed by atoms with Crippen molar-refractivity contribution >= 4 is 6.21 Å². The van der Waals surface area contributed by atoms with Gasteiger partial charge in [0.25, 0.3) is 0 Å². The summed E-state index contributed by atoms with van der Waals surface area (Å²) in [6.45, 7) is 2.29. The van der Waals surface area contributed by atoms with E-state index in [1.165, 1.54) is 12.0 Å². The van der Waals surface area contributed by atoms with Gasteiger partial charge >= 0.3 is 0 Å². The molecule has 2 aliphatic carbocycles. The van der Waals surface area contributed by atoms with Crippen LogP contribution in [0, 0.1) is 11.3 Å². The van der Waals surface area contributed by atoms with Crippen molar-refractivity contribution in [3.05, 3.63) is 35.6 Å². The molecule has 2 nitrogen and oxygen atoms in total. The van der Waals surface area contributed by atoms with Crippen LogP contribution in [-0.4, -0.2) is 13.3 Å². The molecular weight excluding hydrogens is 172 g/mol. The Hall–Kier alpha value is -1.31. The lowest BCUT2D eigenvalue weighted by molar-refractivity contribution is 0.687. The molecule has 0 radical (unpaired) electrons. The molecule has 0 heterocycles. The van der Waals surface area contributed by atoms with E-state index < -0.39 is 0 Å². The van der Waals surface area contributed by atoms with Gasteiger partial charge in [-0.05, 0) is 23.3 Å². The highest BCUT2D eigenvalue weighted by molar-refractivity contribution is 5.86. The van der Waals surface area contributed by atoms with E-state index in [1.54, 1.807) is 19.5 Å². The first-order valence-corrected chi connectivity index (χ1v) is 4.95. The van der Waals surface area contributed by atoms with E-state index in [0.29, 0.717) is 11.3 Å². The molecule has 2 heteroatoms. The fourth-order valence-corrected chi connectivity index (χ4v) is 1.95. The molecule has 2 N–H and O–H groups in total. The molecule has 0 spiro atoms. The van der Waals surface area contributed by atoms with Gasteiger partial charge < -0.3 is 5.73 Å². The quantitative estimate of drug-likeness (QED) is 0.662. The van der Waals surface area contributed by atoms with Crippen LogP contribution in [0.1, 0.15) is 13.3 Å². The number of rotatable bonds is 2. The maximum absolute atomic E-state index is 5.55.